The van der Waals surface area contributed by atoms with Crippen molar-refractivity contribution in [2.45, 2.75) is 25.4 Å². The van der Waals surface area contributed by atoms with Gasteiger partial charge in [0.1, 0.15) is 6.10 Å². The molecule has 3 rings (SSSR count). The lowest BCUT2D eigenvalue weighted by atomic mass is 9.89. The van der Waals surface area contributed by atoms with E-state index in [-0.39, 0.29) is 5.92 Å². The monoisotopic (exact) mass is 255 g/mol. The normalized spacial score (nSPS) is 20.4. The van der Waals surface area contributed by atoms with Gasteiger partial charge in [-0.25, -0.2) is 4.98 Å². The van der Waals surface area contributed by atoms with Crippen molar-refractivity contribution in [1.82, 2.24) is 15.2 Å². The molecular formula is C15H17N3O. The van der Waals surface area contributed by atoms with Gasteiger partial charge in [0.15, 0.2) is 11.6 Å². The highest BCUT2D eigenvalue weighted by molar-refractivity contribution is 5.53. The highest BCUT2D eigenvalue weighted by Crippen LogP contribution is 2.30. The van der Waals surface area contributed by atoms with E-state index in [1.165, 1.54) is 0 Å². The second kappa shape index (κ2) is 5.36. The van der Waals surface area contributed by atoms with Crippen LogP contribution >= 0.6 is 0 Å². The third-order valence-electron chi connectivity index (χ3n) is 3.57. The van der Waals surface area contributed by atoms with Gasteiger partial charge in [-0.2, -0.15) is 5.10 Å². The number of nitrogens with zero attached hydrogens (tertiary/aromatic N) is 2. The number of hydrogen-bond acceptors (Lipinski definition) is 3. The summed E-state index contributed by atoms with van der Waals surface area (Å²) in [4.78, 5) is 4.41. The summed E-state index contributed by atoms with van der Waals surface area (Å²) >= 11 is 0. The van der Waals surface area contributed by atoms with Gasteiger partial charge in [0.25, 0.3) is 0 Å². The van der Waals surface area contributed by atoms with E-state index in [4.69, 9.17) is 0 Å². The smallest absolute Gasteiger partial charge is 0.181 e. The Morgan fingerprint density at radius 2 is 2.05 bits per heavy atom. The van der Waals surface area contributed by atoms with Crippen molar-refractivity contribution in [3.8, 4) is 11.4 Å². The molecule has 2 N–H and O–H groups in total. The zero-order valence-corrected chi connectivity index (χ0v) is 10.7. The number of hydrogen-bond donors (Lipinski definition) is 2. The number of rotatable bonds is 3. The van der Waals surface area contributed by atoms with Gasteiger partial charge in [-0.15, -0.1) is 0 Å². The SMILES string of the molecule is O[C@@H](c1nc(-c2ccccc2)n[nH]1)[C@@H]1CC=CCC1. The number of aliphatic hydroxyl groups excluding tert-OH is 1. The van der Waals surface area contributed by atoms with Crippen LogP contribution in [-0.2, 0) is 0 Å². The van der Waals surface area contributed by atoms with E-state index < -0.39 is 6.10 Å². The molecule has 19 heavy (non-hydrogen) atoms. The first-order chi connectivity index (χ1) is 9.34. The number of aliphatic hydroxyl groups is 1. The Balaban J connectivity index is 1.79. The van der Waals surface area contributed by atoms with Crippen LogP contribution in [0.1, 0.15) is 31.2 Å². The molecule has 0 bridgehead atoms. The molecule has 1 aromatic carbocycles. The molecule has 0 fully saturated rings. The first-order valence-corrected chi connectivity index (χ1v) is 6.65. The van der Waals surface area contributed by atoms with Crippen LogP contribution in [0.2, 0.25) is 0 Å². The van der Waals surface area contributed by atoms with Gasteiger partial charge in [-0.1, -0.05) is 42.5 Å². The number of benzene rings is 1. The van der Waals surface area contributed by atoms with Crippen LogP contribution < -0.4 is 0 Å². The molecule has 0 amide bonds. The number of nitrogens with one attached hydrogen (secondary N) is 1. The van der Waals surface area contributed by atoms with Crippen LogP contribution in [0.25, 0.3) is 11.4 Å². The molecule has 1 heterocycles. The van der Waals surface area contributed by atoms with Gasteiger partial charge >= 0.3 is 0 Å². The predicted octanol–water partition coefficient (Wildman–Crippen LogP) is 2.86. The van der Waals surface area contributed by atoms with Crippen LogP contribution in [-0.4, -0.2) is 20.3 Å². The fraction of sp³-hybridized carbons (Fsp3) is 0.333. The lowest BCUT2D eigenvalue weighted by Crippen LogP contribution is -2.15. The molecule has 4 nitrogen and oxygen atoms in total. The minimum atomic E-state index is -0.560. The van der Waals surface area contributed by atoms with E-state index in [0.29, 0.717) is 11.6 Å². The van der Waals surface area contributed by atoms with E-state index in [2.05, 4.69) is 27.3 Å². The number of H-pyrrole nitrogens is 1. The van der Waals surface area contributed by atoms with Crippen molar-refractivity contribution in [1.29, 1.82) is 0 Å². The minimum absolute atomic E-state index is 0.238. The Kier molecular flexibility index (Phi) is 3.42. The summed E-state index contributed by atoms with van der Waals surface area (Å²) in [5.41, 5.74) is 0.959. The van der Waals surface area contributed by atoms with Crippen molar-refractivity contribution < 1.29 is 5.11 Å². The topological polar surface area (TPSA) is 61.8 Å². The maximum atomic E-state index is 10.3. The molecule has 0 saturated heterocycles. The quantitative estimate of drug-likeness (QED) is 0.829. The Bertz CT molecular complexity index is 562. The molecule has 1 aliphatic carbocycles. The standard InChI is InChI=1S/C15H17N3O/c19-13(11-7-3-1-4-8-11)15-16-14(17-18-15)12-9-5-2-6-10-12/h1-3,5-6,9-11,13,19H,4,7-8H2,(H,16,17,18)/t11-,13-/m1/s1. The Morgan fingerprint density at radius 3 is 2.79 bits per heavy atom. The average molecular weight is 255 g/mol. The molecule has 4 heteroatoms. The molecule has 0 unspecified atom stereocenters. The van der Waals surface area contributed by atoms with Crippen LogP contribution in [0.3, 0.4) is 0 Å². The summed E-state index contributed by atoms with van der Waals surface area (Å²) in [5.74, 6) is 1.45. The third kappa shape index (κ3) is 2.58. The Hall–Kier alpha value is -1.94. The second-order valence-electron chi connectivity index (χ2n) is 4.90. The van der Waals surface area contributed by atoms with E-state index in [1.54, 1.807) is 0 Å². The highest BCUT2D eigenvalue weighted by atomic mass is 16.3. The lowest BCUT2D eigenvalue weighted by Gasteiger charge is -2.21. The minimum Gasteiger partial charge on any atom is -0.385 e. The molecular weight excluding hydrogens is 238 g/mol. The van der Waals surface area contributed by atoms with Crippen molar-refractivity contribution >= 4 is 0 Å². The molecule has 1 aromatic heterocycles. The number of aromatic amines is 1. The maximum Gasteiger partial charge on any atom is 0.181 e. The van der Waals surface area contributed by atoms with Gasteiger partial charge in [-0.3, -0.25) is 5.10 Å². The molecule has 1 aliphatic rings. The largest absolute Gasteiger partial charge is 0.385 e. The maximum absolute atomic E-state index is 10.3. The van der Waals surface area contributed by atoms with Crippen LogP contribution in [0.15, 0.2) is 42.5 Å². The number of allylic oxidation sites excluding steroid dienone is 2. The van der Waals surface area contributed by atoms with Crippen LogP contribution in [0.5, 0.6) is 0 Å². The highest BCUT2D eigenvalue weighted by Gasteiger charge is 2.24. The second-order valence-corrected chi connectivity index (χ2v) is 4.90. The van der Waals surface area contributed by atoms with Crippen LogP contribution in [0.4, 0.5) is 0 Å². The molecule has 0 aliphatic heterocycles. The summed E-state index contributed by atoms with van der Waals surface area (Å²) in [6.45, 7) is 0. The third-order valence-corrected chi connectivity index (χ3v) is 3.57. The molecule has 0 radical (unpaired) electrons. The summed E-state index contributed by atoms with van der Waals surface area (Å²) < 4.78 is 0. The zero-order valence-electron chi connectivity index (χ0n) is 10.7. The summed E-state index contributed by atoms with van der Waals surface area (Å²) in [5, 5.41) is 17.4. The summed E-state index contributed by atoms with van der Waals surface area (Å²) in [6, 6.07) is 9.78. The number of aromatic nitrogens is 3. The van der Waals surface area contributed by atoms with Crippen molar-refractivity contribution in [2.75, 3.05) is 0 Å². The van der Waals surface area contributed by atoms with Gasteiger partial charge in [-0.05, 0) is 25.2 Å². The summed E-state index contributed by atoms with van der Waals surface area (Å²) in [6.07, 6.45) is 6.67. The van der Waals surface area contributed by atoms with E-state index in [9.17, 15) is 5.11 Å². The van der Waals surface area contributed by atoms with E-state index in [1.807, 2.05) is 30.3 Å². The Morgan fingerprint density at radius 1 is 1.21 bits per heavy atom. The fourth-order valence-electron chi connectivity index (χ4n) is 2.45. The zero-order chi connectivity index (χ0) is 13.1. The Labute approximate surface area is 112 Å². The van der Waals surface area contributed by atoms with Crippen molar-refractivity contribution in [2.24, 2.45) is 5.92 Å². The van der Waals surface area contributed by atoms with E-state index in [0.717, 1.165) is 24.8 Å². The molecule has 98 valence electrons. The van der Waals surface area contributed by atoms with Crippen molar-refractivity contribution in [3.05, 3.63) is 48.3 Å². The molecule has 0 spiro atoms. The predicted molar refractivity (Wildman–Crippen MR) is 73.3 cm³/mol. The van der Waals surface area contributed by atoms with Gasteiger partial charge in [0.2, 0.25) is 0 Å². The van der Waals surface area contributed by atoms with Crippen LogP contribution in [0, 0.1) is 5.92 Å². The van der Waals surface area contributed by atoms with Gasteiger partial charge in [0.05, 0.1) is 0 Å². The van der Waals surface area contributed by atoms with Gasteiger partial charge < -0.3 is 5.11 Å². The molecule has 2 atom stereocenters. The summed E-state index contributed by atoms with van der Waals surface area (Å²) in [7, 11) is 0. The van der Waals surface area contributed by atoms with E-state index >= 15 is 0 Å². The van der Waals surface area contributed by atoms with Gasteiger partial charge in [0, 0.05) is 5.56 Å². The van der Waals surface area contributed by atoms with Crippen molar-refractivity contribution in [3.63, 3.8) is 0 Å². The molecule has 2 aromatic rings. The first kappa shape index (κ1) is 12.1. The fourth-order valence-corrected chi connectivity index (χ4v) is 2.45. The molecule has 0 saturated carbocycles. The lowest BCUT2D eigenvalue weighted by molar-refractivity contribution is 0.0944. The first-order valence-electron chi connectivity index (χ1n) is 6.65. The average Bonchev–Trinajstić information content (AvgIpc) is 2.98.